The van der Waals surface area contributed by atoms with Gasteiger partial charge in [0.25, 0.3) is 0 Å². The Labute approximate surface area is 92.2 Å². The van der Waals surface area contributed by atoms with Gasteiger partial charge in [-0.3, -0.25) is 0 Å². The first-order chi connectivity index (χ1) is 6.27. The van der Waals surface area contributed by atoms with Crippen LogP contribution in [0, 0.1) is 0 Å². The van der Waals surface area contributed by atoms with Crippen LogP contribution in [0.15, 0.2) is 27.6 Å². The Balaban J connectivity index is 2.89. The molecule has 0 fully saturated rings. The van der Waals surface area contributed by atoms with Crippen LogP contribution in [-0.2, 0) is 6.42 Å². The van der Waals surface area contributed by atoms with Crippen LogP contribution in [0.5, 0.6) is 0 Å². The zero-order chi connectivity index (χ0) is 9.68. The summed E-state index contributed by atoms with van der Waals surface area (Å²) in [4.78, 5) is 1.35. The average Bonchev–Trinajstić information content (AvgIpc) is 2.10. The number of thioether (sulfide) groups is 1. The first-order valence-corrected chi connectivity index (χ1v) is 6.17. The minimum atomic E-state index is 0.721. The summed E-state index contributed by atoms with van der Waals surface area (Å²) in [5.74, 6) is 1.11. The van der Waals surface area contributed by atoms with Crippen molar-refractivity contribution in [3.05, 3.63) is 28.2 Å². The second kappa shape index (κ2) is 5.68. The number of halogens is 1. The van der Waals surface area contributed by atoms with Gasteiger partial charge in [-0.1, -0.05) is 28.9 Å². The molecule has 0 saturated carbocycles. The van der Waals surface area contributed by atoms with Crippen LogP contribution in [-0.4, -0.2) is 12.3 Å². The molecule has 1 aromatic rings. The molecule has 1 rings (SSSR count). The van der Waals surface area contributed by atoms with Crippen molar-refractivity contribution in [1.82, 2.24) is 0 Å². The van der Waals surface area contributed by atoms with Crippen molar-refractivity contribution in [2.24, 2.45) is 5.73 Å². The zero-order valence-corrected chi connectivity index (χ0v) is 10.1. The van der Waals surface area contributed by atoms with Crippen molar-refractivity contribution in [2.75, 3.05) is 12.3 Å². The second-order valence-corrected chi connectivity index (χ2v) is 4.95. The molecule has 0 bridgehead atoms. The van der Waals surface area contributed by atoms with E-state index in [2.05, 4.69) is 41.1 Å². The van der Waals surface area contributed by atoms with Crippen molar-refractivity contribution in [3.63, 3.8) is 0 Å². The monoisotopic (exact) mass is 259 g/mol. The molecule has 2 N–H and O–H groups in total. The Kier molecular flexibility index (Phi) is 4.84. The zero-order valence-electron chi connectivity index (χ0n) is 7.72. The molecule has 13 heavy (non-hydrogen) atoms. The van der Waals surface area contributed by atoms with Crippen LogP contribution in [0.2, 0.25) is 0 Å². The maximum atomic E-state index is 5.54. The van der Waals surface area contributed by atoms with Crippen LogP contribution < -0.4 is 5.73 Å². The fourth-order valence-electron chi connectivity index (χ4n) is 1.18. The highest BCUT2D eigenvalue weighted by Crippen LogP contribution is 2.26. The maximum Gasteiger partial charge on any atom is 0.0186 e. The van der Waals surface area contributed by atoms with Gasteiger partial charge in [-0.25, -0.2) is 0 Å². The molecule has 1 nitrogen and oxygen atoms in total. The van der Waals surface area contributed by atoms with E-state index >= 15 is 0 Å². The standard InChI is InChI=1S/C10H14BrNS/c1-2-13-10-7-9(11)4-3-8(10)5-6-12/h3-4,7H,2,5-6,12H2,1H3. The van der Waals surface area contributed by atoms with E-state index in [1.165, 1.54) is 10.5 Å². The summed E-state index contributed by atoms with van der Waals surface area (Å²) in [6, 6.07) is 6.39. The van der Waals surface area contributed by atoms with E-state index in [4.69, 9.17) is 5.73 Å². The third kappa shape index (κ3) is 3.33. The van der Waals surface area contributed by atoms with E-state index in [9.17, 15) is 0 Å². The maximum absolute atomic E-state index is 5.54. The molecule has 1 aromatic carbocycles. The lowest BCUT2D eigenvalue weighted by Gasteiger charge is -2.07. The number of benzene rings is 1. The molecule has 0 aliphatic heterocycles. The molecule has 0 atom stereocenters. The molecule has 0 amide bonds. The second-order valence-electron chi connectivity index (χ2n) is 2.72. The van der Waals surface area contributed by atoms with E-state index < -0.39 is 0 Å². The lowest BCUT2D eigenvalue weighted by atomic mass is 10.1. The predicted octanol–water partition coefficient (Wildman–Crippen LogP) is 3.06. The van der Waals surface area contributed by atoms with Gasteiger partial charge in [0.2, 0.25) is 0 Å². The summed E-state index contributed by atoms with van der Waals surface area (Å²) in [5, 5.41) is 0. The molecule has 0 aliphatic carbocycles. The van der Waals surface area contributed by atoms with E-state index in [1.54, 1.807) is 0 Å². The number of nitrogens with two attached hydrogens (primary N) is 1. The quantitative estimate of drug-likeness (QED) is 0.842. The molecule has 0 aromatic heterocycles. The van der Waals surface area contributed by atoms with Crippen molar-refractivity contribution < 1.29 is 0 Å². The fraction of sp³-hybridized carbons (Fsp3) is 0.400. The van der Waals surface area contributed by atoms with E-state index in [0.717, 1.165) is 23.2 Å². The molecule has 0 unspecified atom stereocenters. The van der Waals surface area contributed by atoms with E-state index in [1.807, 2.05) is 11.8 Å². The molecular formula is C10H14BrNS. The Hall–Kier alpha value is 0.01000. The van der Waals surface area contributed by atoms with Gasteiger partial charge in [0.05, 0.1) is 0 Å². The lowest BCUT2D eigenvalue weighted by Crippen LogP contribution is -2.03. The molecule has 0 spiro atoms. The Morgan fingerprint density at radius 1 is 1.46 bits per heavy atom. The highest BCUT2D eigenvalue weighted by Gasteiger charge is 2.01. The SMILES string of the molecule is CCSc1cc(Br)ccc1CCN. The number of hydrogen-bond donors (Lipinski definition) is 1. The van der Waals surface area contributed by atoms with Gasteiger partial charge in [0.15, 0.2) is 0 Å². The topological polar surface area (TPSA) is 26.0 Å². The van der Waals surface area contributed by atoms with Gasteiger partial charge in [0.1, 0.15) is 0 Å². The molecular weight excluding hydrogens is 246 g/mol. The molecule has 3 heteroatoms. The lowest BCUT2D eigenvalue weighted by molar-refractivity contribution is 0.943. The molecule has 72 valence electrons. The first kappa shape index (κ1) is 11.1. The van der Waals surface area contributed by atoms with E-state index in [0.29, 0.717) is 0 Å². The largest absolute Gasteiger partial charge is 0.330 e. The highest BCUT2D eigenvalue weighted by molar-refractivity contribution is 9.10. The summed E-state index contributed by atoms with van der Waals surface area (Å²) in [6.45, 7) is 2.89. The Morgan fingerprint density at radius 2 is 2.23 bits per heavy atom. The van der Waals surface area contributed by atoms with Gasteiger partial charge < -0.3 is 5.73 Å². The first-order valence-electron chi connectivity index (χ1n) is 4.39. The fourth-order valence-corrected chi connectivity index (χ4v) is 2.57. The average molecular weight is 260 g/mol. The highest BCUT2D eigenvalue weighted by atomic mass is 79.9. The molecule has 0 aliphatic rings. The van der Waals surface area contributed by atoms with Gasteiger partial charge in [-0.15, -0.1) is 11.8 Å². The summed E-state index contributed by atoms with van der Waals surface area (Å²) in [7, 11) is 0. The van der Waals surface area contributed by atoms with Crippen LogP contribution >= 0.6 is 27.7 Å². The summed E-state index contributed by atoms with van der Waals surface area (Å²) in [5.41, 5.74) is 6.90. The van der Waals surface area contributed by atoms with E-state index in [-0.39, 0.29) is 0 Å². The number of rotatable bonds is 4. The molecule has 0 radical (unpaired) electrons. The Bertz CT molecular complexity index is 276. The molecule has 0 heterocycles. The summed E-state index contributed by atoms with van der Waals surface area (Å²) >= 11 is 5.34. The summed E-state index contributed by atoms with van der Waals surface area (Å²) in [6.07, 6.45) is 0.968. The van der Waals surface area contributed by atoms with Crippen molar-refractivity contribution >= 4 is 27.7 Å². The normalized spacial score (nSPS) is 10.4. The smallest absolute Gasteiger partial charge is 0.0186 e. The van der Waals surface area contributed by atoms with Gasteiger partial charge in [-0.05, 0) is 36.4 Å². The van der Waals surface area contributed by atoms with Crippen LogP contribution in [0.4, 0.5) is 0 Å². The Morgan fingerprint density at radius 3 is 2.85 bits per heavy atom. The predicted molar refractivity (Wildman–Crippen MR) is 63.3 cm³/mol. The van der Waals surface area contributed by atoms with Crippen molar-refractivity contribution in [2.45, 2.75) is 18.2 Å². The van der Waals surface area contributed by atoms with Crippen LogP contribution in [0.1, 0.15) is 12.5 Å². The summed E-state index contributed by atoms with van der Waals surface area (Å²) < 4.78 is 1.14. The van der Waals surface area contributed by atoms with Gasteiger partial charge in [-0.2, -0.15) is 0 Å². The van der Waals surface area contributed by atoms with Gasteiger partial charge in [0, 0.05) is 9.37 Å². The minimum Gasteiger partial charge on any atom is -0.330 e. The van der Waals surface area contributed by atoms with Crippen molar-refractivity contribution in [3.8, 4) is 0 Å². The van der Waals surface area contributed by atoms with Crippen molar-refractivity contribution in [1.29, 1.82) is 0 Å². The number of hydrogen-bond acceptors (Lipinski definition) is 2. The third-order valence-corrected chi connectivity index (χ3v) is 3.22. The molecule has 0 saturated heterocycles. The minimum absolute atomic E-state index is 0.721. The van der Waals surface area contributed by atoms with Gasteiger partial charge >= 0.3 is 0 Å². The van der Waals surface area contributed by atoms with Crippen LogP contribution in [0.25, 0.3) is 0 Å². The van der Waals surface area contributed by atoms with Crippen LogP contribution in [0.3, 0.4) is 0 Å². The third-order valence-electron chi connectivity index (χ3n) is 1.74.